The van der Waals surface area contributed by atoms with Gasteiger partial charge in [0.05, 0.1) is 7.11 Å². The van der Waals surface area contributed by atoms with E-state index in [0.29, 0.717) is 29.6 Å². The van der Waals surface area contributed by atoms with Gasteiger partial charge >= 0.3 is 0 Å². The van der Waals surface area contributed by atoms with Gasteiger partial charge in [-0.25, -0.2) is 4.98 Å². The number of ether oxygens (including phenoxy) is 1. The zero-order valence-electron chi connectivity index (χ0n) is 11.4. The van der Waals surface area contributed by atoms with Gasteiger partial charge in [0.2, 0.25) is 11.8 Å². The first-order chi connectivity index (χ1) is 8.04. The van der Waals surface area contributed by atoms with E-state index in [4.69, 9.17) is 4.74 Å². The lowest BCUT2D eigenvalue weighted by Gasteiger charge is -2.25. The summed E-state index contributed by atoms with van der Waals surface area (Å²) in [7, 11) is 1.61. The van der Waals surface area contributed by atoms with E-state index < -0.39 is 0 Å². The molecule has 0 radical (unpaired) electrons. The van der Waals surface area contributed by atoms with Crippen molar-refractivity contribution in [1.82, 2.24) is 9.97 Å². The van der Waals surface area contributed by atoms with Gasteiger partial charge in [-0.15, -0.1) is 0 Å². The van der Waals surface area contributed by atoms with Gasteiger partial charge in [-0.1, -0.05) is 27.7 Å². The fourth-order valence-corrected chi connectivity index (χ4v) is 1.99. The van der Waals surface area contributed by atoms with Gasteiger partial charge < -0.3 is 10.1 Å². The lowest BCUT2D eigenvalue weighted by atomic mass is 9.85. The zero-order chi connectivity index (χ0) is 12.8. The molecule has 1 aromatic rings. The molecule has 1 heterocycles. The van der Waals surface area contributed by atoms with E-state index in [0.717, 1.165) is 6.54 Å². The molecule has 17 heavy (non-hydrogen) atoms. The Balaban J connectivity index is 2.59. The van der Waals surface area contributed by atoms with Crippen molar-refractivity contribution in [3.63, 3.8) is 0 Å². The van der Waals surface area contributed by atoms with Gasteiger partial charge in [0.15, 0.2) is 0 Å². The fraction of sp³-hybridized carbons (Fsp3) is 0.692. The van der Waals surface area contributed by atoms with Crippen LogP contribution in [0.15, 0.2) is 12.3 Å². The van der Waals surface area contributed by atoms with E-state index in [1.807, 2.05) is 0 Å². The van der Waals surface area contributed by atoms with Gasteiger partial charge in [0.1, 0.15) is 0 Å². The van der Waals surface area contributed by atoms with Gasteiger partial charge in [-0.3, -0.25) is 0 Å². The maximum atomic E-state index is 5.07. The summed E-state index contributed by atoms with van der Waals surface area (Å²) in [6.45, 7) is 9.89. The van der Waals surface area contributed by atoms with Gasteiger partial charge in [0.25, 0.3) is 0 Å². The molecule has 0 aliphatic carbocycles. The average molecular weight is 237 g/mol. The Morgan fingerprint density at radius 2 is 1.88 bits per heavy atom. The van der Waals surface area contributed by atoms with Crippen molar-refractivity contribution in [3.05, 3.63) is 12.3 Å². The Bertz CT molecular complexity index is 331. The van der Waals surface area contributed by atoms with Crippen LogP contribution in [0.2, 0.25) is 0 Å². The number of methoxy groups -OCH3 is 1. The molecule has 1 rings (SSSR count). The minimum atomic E-state index is 0.591. The third kappa shape index (κ3) is 4.21. The van der Waals surface area contributed by atoms with Crippen LogP contribution in [-0.2, 0) is 0 Å². The monoisotopic (exact) mass is 237 g/mol. The predicted octanol–water partition coefficient (Wildman–Crippen LogP) is 2.83. The lowest BCUT2D eigenvalue weighted by molar-refractivity contribution is 0.304. The minimum absolute atomic E-state index is 0.591. The number of aromatic nitrogens is 2. The van der Waals surface area contributed by atoms with Crippen LogP contribution >= 0.6 is 0 Å². The molecule has 0 bridgehead atoms. The summed E-state index contributed by atoms with van der Waals surface area (Å²) < 4.78 is 5.07. The van der Waals surface area contributed by atoms with Crippen molar-refractivity contribution in [3.8, 4) is 5.88 Å². The second-order valence-electron chi connectivity index (χ2n) is 4.96. The molecule has 4 heteroatoms. The Hall–Kier alpha value is -1.32. The number of hydrogen-bond donors (Lipinski definition) is 1. The van der Waals surface area contributed by atoms with E-state index in [1.54, 1.807) is 19.4 Å². The Morgan fingerprint density at radius 3 is 2.41 bits per heavy atom. The van der Waals surface area contributed by atoms with Crippen molar-refractivity contribution in [1.29, 1.82) is 0 Å². The smallest absolute Gasteiger partial charge is 0.225 e. The molecule has 0 fully saturated rings. The highest BCUT2D eigenvalue weighted by atomic mass is 16.5. The quantitative estimate of drug-likeness (QED) is 0.826. The van der Waals surface area contributed by atoms with E-state index in [-0.39, 0.29) is 0 Å². The molecule has 1 N–H and O–H groups in total. The van der Waals surface area contributed by atoms with Crippen molar-refractivity contribution >= 4 is 5.95 Å². The molecule has 96 valence electrons. The molecule has 4 nitrogen and oxygen atoms in total. The fourth-order valence-electron chi connectivity index (χ4n) is 1.99. The number of hydrogen-bond acceptors (Lipinski definition) is 4. The van der Waals surface area contributed by atoms with Gasteiger partial charge in [-0.05, 0) is 17.8 Å². The Morgan fingerprint density at radius 1 is 1.24 bits per heavy atom. The standard InChI is InChI=1S/C13H23N3O/c1-9(2)11(10(3)4)8-15-13-14-7-6-12(16-13)17-5/h6-7,9-11H,8H2,1-5H3,(H,14,15,16). The molecule has 0 unspecified atom stereocenters. The van der Waals surface area contributed by atoms with Crippen molar-refractivity contribution in [2.75, 3.05) is 19.0 Å². The number of rotatable bonds is 6. The predicted molar refractivity (Wildman–Crippen MR) is 70.2 cm³/mol. The molecule has 0 amide bonds. The molecule has 0 saturated heterocycles. The first-order valence-electron chi connectivity index (χ1n) is 6.15. The minimum Gasteiger partial charge on any atom is -0.481 e. The largest absolute Gasteiger partial charge is 0.481 e. The topological polar surface area (TPSA) is 47.0 Å². The maximum absolute atomic E-state index is 5.07. The zero-order valence-corrected chi connectivity index (χ0v) is 11.4. The van der Waals surface area contributed by atoms with Crippen molar-refractivity contribution in [2.45, 2.75) is 27.7 Å². The highest BCUT2D eigenvalue weighted by Gasteiger charge is 2.17. The third-order valence-corrected chi connectivity index (χ3v) is 3.05. The van der Waals surface area contributed by atoms with E-state index in [2.05, 4.69) is 43.0 Å². The van der Waals surface area contributed by atoms with Crippen LogP contribution in [0, 0.1) is 17.8 Å². The van der Waals surface area contributed by atoms with Crippen LogP contribution in [-0.4, -0.2) is 23.6 Å². The molecule has 0 atom stereocenters. The highest BCUT2D eigenvalue weighted by molar-refractivity contribution is 5.27. The summed E-state index contributed by atoms with van der Waals surface area (Å²) >= 11 is 0. The maximum Gasteiger partial charge on any atom is 0.225 e. The average Bonchev–Trinajstić information content (AvgIpc) is 2.28. The molecule has 0 aromatic carbocycles. The normalized spacial score (nSPS) is 11.3. The number of nitrogens with zero attached hydrogens (tertiary/aromatic N) is 2. The van der Waals surface area contributed by atoms with Gasteiger partial charge in [-0.2, -0.15) is 4.98 Å². The first-order valence-corrected chi connectivity index (χ1v) is 6.15. The van der Waals surface area contributed by atoms with E-state index in [9.17, 15) is 0 Å². The van der Waals surface area contributed by atoms with E-state index >= 15 is 0 Å². The summed E-state index contributed by atoms with van der Waals surface area (Å²) in [5.74, 6) is 3.13. The van der Waals surface area contributed by atoms with Crippen LogP contribution in [0.1, 0.15) is 27.7 Å². The van der Waals surface area contributed by atoms with Gasteiger partial charge in [0, 0.05) is 18.8 Å². The summed E-state index contributed by atoms with van der Waals surface area (Å²) in [6.07, 6.45) is 1.70. The summed E-state index contributed by atoms with van der Waals surface area (Å²) in [6, 6.07) is 1.74. The molecule has 0 spiro atoms. The summed E-state index contributed by atoms with van der Waals surface area (Å²) in [5.41, 5.74) is 0. The molecule has 0 aliphatic heterocycles. The molecular weight excluding hydrogens is 214 g/mol. The molecule has 0 aliphatic rings. The Labute approximate surface area is 104 Å². The van der Waals surface area contributed by atoms with Crippen LogP contribution in [0.4, 0.5) is 5.95 Å². The van der Waals surface area contributed by atoms with Crippen molar-refractivity contribution in [2.24, 2.45) is 17.8 Å². The highest BCUT2D eigenvalue weighted by Crippen LogP contribution is 2.20. The number of nitrogens with one attached hydrogen (secondary N) is 1. The van der Waals surface area contributed by atoms with Crippen LogP contribution in [0.25, 0.3) is 0 Å². The lowest BCUT2D eigenvalue weighted by Crippen LogP contribution is -2.25. The number of anilines is 1. The van der Waals surface area contributed by atoms with E-state index in [1.165, 1.54) is 0 Å². The van der Waals surface area contributed by atoms with Crippen LogP contribution < -0.4 is 10.1 Å². The molecule has 0 saturated carbocycles. The third-order valence-electron chi connectivity index (χ3n) is 3.05. The van der Waals surface area contributed by atoms with Crippen molar-refractivity contribution < 1.29 is 4.74 Å². The van der Waals surface area contributed by atoms with Crippen LogP contribution in [0.5, 0.6) is 5.88 Å². The summed E-state index contributed by atoms with van der Waals surface area (Å²) in [5, 5.41) is 3.28. The SMILES string of the molecule is COc1ccnc(NCC(C(C)C)C(C)C)n1. The second-order valence-corrected chi connectivity index (χ2v) is 4.96. The van der Waals surface area contributed by atoms with Crippen LogP contribution in [0.3, 0.4) is 0 Å². The second kappa shape index (κ2) is 6.42. The molecule has 1 aromatic heterocycles. The Kier molecular flexibility index (Phi) is 5.19. The summed E-state index contributed by atoms with van der Waals surface area (Å²) in [4.78, 5) is 8.41. The molecular formula is C13H23N3O. The first kappa shape index (κ1) is 13.7.